The molecule has 1 aliphatic heterocycles. The topological polar surface area (TPSA) is 6.48 Å². The van der Waals surface area contributed by atoms with Gasteiger partial charge in [0.25, 0.3) is 0 Å². The Morgan fingerprint density at radius 2 is 2.22 bits per heavy atom. The molecular weight excluding hydrogens is 312 g/mol. The van der Waals surface area contributed by atoms with E-state index >= 15 is 0 Å². The lowest BCUT2D eigenvalue weighted by Gasteiger charge is -2.29. The van der Waals surface area contributed by atoms with E-state index < -0.39 is 0 Å². The number of benzene rings is 1. The molecule has 1 aromatic carbocycles. The van der Waals surface area contributed by atoms with Gasteiger partial charge < -0.3 is 9.80 Å². The molecule has 100 valence electrons. The molecule has 0 amide bonds. The molecule has 2 nitrogen and oxygen atoms in total. The molecule has 0 bridgehead atoms. The Morgan fingerprint density at radius 1 is 1.44 bits per heavy atom. The van der Waals surface area contributed by atoms with Crippen molar-refractivity contribution in [2.24, 2.45) is 0 Å². The van der Waals surface area contributed by atoms with Crippen LogP contribution in [0.4, 0.5) is 5.69 Å². The molecule has 1 fully saturated rings. The number of anilines is 1. The molecule has 1 aliphatic rings. The highest BCUT2D eigenvalue weighted by Gasteiger charge is 2.25. The van der Waals surface area contributed by atoms with E-state index in [1.165, 1.54) is 18.5 Å². The number of alkyl halides is 1. The van der Waals surface area contributed by atoms with Gasteiger partial charge in [0.15, 0.2) is 0 Å². The van der Waals surface area contributed by atoms with Crippen LogP contribution in [0.2, 0.25) is 0 Å². The first-order chi connectivity index (χ1) is 8.61. The molecule has 0 radical (unpaired) electrons. The summed E-state index contributed by atoms with van der Waals surface area (Å²) >= 11 is 9.50. The smallest absolute Gasteiger partial charge is 0.0485 e. The van der Waals surface area contributed by atoms with Gasteiger partial charge in [-0.05, 0) is 44.6 Å². The second-order valence-corrected chi connectivity index (χ2v) is 6.28. The van der Waals surface area contributed by atoms with Crippen molar-refractivity contribution in [2.75, 3.05) is 32.1 Å². The van der Waals surface area contributed by atoms with E-state index in [0.29, 0.717) is 11.9 Å². The Labute approximate surface area is 123 Å². The second-order valence-electron chi connectivity index (χ2n) is 5.16. The predicted molar refractivity (Wildman–Crippen MR) is 82.6 cm³/mol. The van der Waals surface area contributed by atoms with Crippen LogP contribution in [0.3, 0.4) is 0 Å². The lowest BCUT2D eigenvalue weighted by molar-refractivity contribution is 0.372. The highest BCUT2D eigenvalue weighted by molar-refractivity contribution is 9.10. The van der Waals surface area contributed by atoms with E-state index in [1.807, 2.05) is 0 Å². The Kier molecular flexibility index (Phi) is 4.93. The molecule has 0 aliphatic carbocycles. The predicted octanol–water partition coefficient (Wildman–Crippen LogP) is 3.72. The molecule has 0 spiro atoms. The molecule has 18 heavy (non-hydrogen) atoms. The zero-order valence-corrected chi connectivity index (χ0v) is 13.3. The summed E-state index contributed by atoms with van der Waals surface area (Å²) in [5, 5.41) is 0. The van der Waals surface area contributed by atoms with Gasteiger partial charge in [-0.2, -0.15) is 0 Å². The van der Waals surface area contributed by atoms with E-state index in [2.05, 4.69) is 58.0 Å². The minimum absolute atomic E-state index is 0.558. The highest BCUT2D eigenvalue weighted by Crippen LogP contribution is 2.30. The van der Waals surface area contributed by atoms with Gasteiger partial charge in [-0.25, -0.2) is 0 Å². The third-order valence-corrected chi connectivity index (χ3v) is 4.49. The minimum Gasteiger partial charge on any atom is -0.367 e. The van der Waals surface area contributed by atoms with Crippen molar-refractivity contribution in [3.05, 3.63) is 28.2 Å². The molecule has 4 heteroatoms. The summed E-state index contributed by atoms with van der Waals surface area (Å²) in [6.45, 7) is 2.28. The van der Waals surface area contributed by atoms with Crippen LogP contribution in [0.5, 0.6) is 0 Å². The molecule has 0 saturated carbocycles. The first-order valence-corrected chi connectivity index (χ1v) is 7.70. The van der Waals surface area contributed by atoms with Gasteiger partial charge in [-0.3, -0.25) is 0 Å². The van der Waals surface area contributed by atoms with Crippen LogP contribution >= 0.6 is 27.5 Å². The third-order valence-electron chi connectivity index (χ3n) is 3.47. The van der Waals surface area contributed by atoms with Gasteiger partial charge in [0.1, 0.15) is 0 Å². The molecule has 1 heterocycles. The first kappa shape index (κ1) is 14.2. The number of rotatable bonds is 4. The fourth-order valence-electron chi connectivity index (χ4n) is 2.61. The maximum atomic E-state index is 5.89. The minimum atomic E-state index is 0.558. The maximum Gasteiger partial charge on any atom is 0.0485 e. The standard InChI is InChI=1S/C14H20BrClN2/c1-17(2)10-13-4-3-7-18(13)12-6-5-11(9-16)14(15)8-12/h5-6,8,13H,3-4,7,9-10H2,1-2H3. The van der Waals surface area contributed by atoms with E-state index in [-0.39, 0.29) is 0 Å². The number of hydrogen-bond donors (Lipinski definition) is 0. The maximum absolute atomic E-state index is 5.89. The van der Waals surface area contributed by atoms with Crippen molar-refractivity contribution in [1.29, 1.82) is 0 Å². The van der Waals surface area contributed by atoms with Gasteiger partial charge in [0.2, 0.25) is 0 Å². The Hall–Kier alpha value is -0.250. The van der Waals surface area contributed by atoms with Gasteiger partial charge in [-0.15, -0.1) is 11.6 Å². The highest BCUT2D eigenvalue weighted by atomic mass is 79.9. The van der Waals surface area contributed by atoms with Crippen molar-refractivity contribution in [1.82, 2.24) is 4.90 Å². The Bertz CT molecular complexity index is 409. The average molecular weight is 332 g/mol. The quantitative estimate of drug-likeness (QED) is 0.776. The van der Waals surface area contributed by atoms with Crippen LogP contribution in [0.15, 0.2) is 22.7 Å². The average Bonchev–Trinajstić information content (AvgIpc) is 2.76. The fraction of sp³-hybridized carbons (Fsp3) is 0.571. The van der Waals surface area contributed by atoms with Crippen LogP contribution in [0.1, 0.15) is 18.4 Å². The van der Waals surface area contributed by atoms with Crippen molar-refractivity contribution in [3.63, 3.8) is 0 Å². The Balaban J connectivity index is 2.17. The molecule has 1 unspecified atom stereocenters. The van der Waals surface area contributed by atoms with E-state index in [1.54, 1.807) is 0 Å². The normalized spacial score (nSPS) is 19.8. The molecule has 2 rings (SSSR count). The summed E-state index contributed by atoms with van der Waals surface area (Å²) in [6.07, 6.45) is 2.57. The zero-order valence-electron chi connectivity index (χ0n) is 11.0. The summed E-state index contributed by atoms with van der Waals surface area (Å²) in [7, 11) is 4.28. The van der Waals surface area contributed by atoms with Gasteiger partial charge in [0, 0.05) is 35.2 Å². The van der Waals surface area contributed by atoms with Crippen LogP contribution in [-0.2, 0) is 5.88 Å². The first-order valence-electron chi connectivity index (χ1n) is 6.37. The molecule has 1 aromatic rings. The SMILES string of the molecule is CN(C)CC1CCCN1c1ccc(CCl)c(Br)c1. The lowest BCUT2D eigenvalue weighted by atomic mass is 10.1. The number of likely N-dealkylation sites (N-methyl/N-ethyl adjacent to an activating group) is 1. The monoisotopic (exact) mass is 330 g/mol. The number of halogens is 2. The van der Waals surface area contributed by atoms with Gasteiger partial charge in [0.05, 0.1) is 0 Å². The molecular formula is C14H20BrClN2. The molecule has 1 saturated heterocycles. The number of hydrogen-bond acceptors (Lipinski definition) is 2. The van der Waals surface area contributed by atoms with Crippen molar-refractivity contribution < 1.29 is 0 Å². The van der Waals surface area contributed by atoms with Crippen molar-refractivity contribution in [3.8, 4) is 0 Å². The fourth-order valence-corrected chi connectivity index (χ4v) is 3.51. The largest absolute Gasteiger partial charge is 0.367 e. The van der Waals surface area contributed by atoms with Gasteiger partial charge in [-0.1, -0.05) is 22.0 Å². The van der Waals surface area contributed by atoms with Crippen LogP contribution < -0.4 is 4.90 Å². The number of nitrogens with zero attached hydrogens (tertiary/aromatic N) is 2. The van der Waals surface area contributed by atoms with Crippen LogP contribution in [-0.4, -0.2) is 38.1 Å². The Morgan fingerprint density at radius 3 is 2.83 bits per heavy atom. The van der Waals surface area contributed by atoms with Gasteiger partial charge >= 0.3 is 0 Å². The summed E-state index contributed by atoms with van der Waals surface area (Å²) < 4.78 is 1.12. The third kappa shape index (κ3) is 3.19. The van der Waals surface area contributed by atoms with Crippen molar-refractivity contribution in [2.45, 2.75) is 24.8 Å². The van der Waals surface area contributed by atoms with E-state index in [0.717, 1.165) is 23.1 Å². The lowest BCUT2D eigenvalue weighted by Crippen LogP contribution is -2.37. The van der Waals surface area contributed by atoms with Crippen LogP contribution in [0.25, 0.3) is 0 Å². The molecule has 0 aromatic heterocycles. The van der Waals surface area contributed by atoms with E-state index in [4.69, 9.17) is 11.6 Å². The summed E-state index contributed by atoms with van der Waals surface area (Å²) in [4.78, 5) is 4.79. The zero-order chi connectivity index (χ0) is 13.1. The molecule has 0 N–H and O–H groups in total. The van der Waals surface area contributed by atoms with Crippen molar-refractivity contribution >= 4 is 33.2 Å². The van der Waals surface area contributed by atoms with E-state index in [9.17, 15) is 0 Å². The summed E-state index contributed by atoms with van der Waals surface area (Å²) in [5.74, 6) is 0.558. The van der Waals surface area contributed by atoms with Crippen LogP contribution in [0, 0.1) is 0 Å². The summed E-state index contributed by atoms with van der Waals surface area (Å²) in [5.41, 5.74) is 2.46. The molecule has 1 atom stereocenters. The summed E-state index contributed by atoms with van der Waals surface area (Å²) in [6, 6.07) is 7.15. The second kappa shape index (κ2) is 6.27.